The third kappa shape index (κ3) is 2.47. The Balaban J connectivity index is 2.27. The number of nitrogen functional groups attached to an aromatic ring is 1. The van der Waals surface area contributed by atoms with Gasteiger partial charge in [-0.05, 0) is 31.5 Å². The Morgan fingerprint density at radius 2 is 2.33 bits per heavy atom. The van der Waals surface area contributed by atoms with Crippen LogP contribution in [0.5, 0.6) is 0 Å². The highest BCUT2D eigenvalue weighted by Gasteiger charge is 2.26. The number of hydrazine groups is 1. The minimum absolute atomic E-state index is 0.00116. The van der Waals surface area contributed by atoms with Crippen molar-refractivity contribution < 1.29 is 9.53 Å². The summed E-state index contributed by atoms with van der Waals surface area (Å²) in [7, 11) is 0. The summed E-state index contributed by atoms with van der Waals surface area (Å²) >= 11 is 0. The largest absolute Gasteiger partial charge is 0.377 e. The zero-order valence-corrected chi connectivity index (χ0v) is 10.8. The molecule has 1 aromatic carbocycles. The van der Waals surface area contributed by atoms with Crippen LogP contribution in [-0.2, 0) is 4.74 Å². The molecule has 0 spiro atoms. The maximum atomic E-state index is 12.5. The van der Waals surface area contributed by atoms with Crippen LogP contribution in [-0.4, -0.2) is 36.6 Å². The Labute approximate surface area is 107 Å². The molecule has 1 amide bonds. The quantitative estimate of drug-likeness (QED) is 0.609. The third-order valence-corrected chi connectivity index (χ3v) is 3.19. The second-order valence-electron chi connectivity index (χ2n) is 4.62. The second-order valence-corrected chi connectivity index (χ2v) is 4.62. The Morgan fingerprint density at radius 3 is 3.00 bits per heavy atom. The highest BCUT2D eigenvalue weighted by atomic mass is 16.5. The van der Waals surface area contributed by atoms with E-state index in [4.69, 9.17) is 10.6 Å². The molecule has 18 heavy (non-hydrogen) atoms. The number of nitrogens with one attached hydrogen (secondary N) is 1. The Hall–Kier alpha value is -1.59. The maximum Gasteiger partial charge on any atom is 0.256 e. The van der Waals surface area contributed by atoms with Crippen LogP contribution < -0.4 is 11.3 Å². The summed E-state index contributed by atoms with van der Waals surface area (Å²) in [6, 6.07) is 5.70. The van der Waals surface area contributed by atoms with E-state index in [9.17, 15) is 4.79 Å². The Morgan fingerprint density at radius 1 is 1.56 bits per heavy atom. The molecule has 5 heteroatoms. The molecular weight excluding hydrogens is 230 g/mol. The molecule has 1 heterocycles. The van der Waals surface area contributed by atoms with Gasteiger partial charge >= 0.3 is 0 Å². The number of hydrogen-bond acceptors (Lipinski definition) is 4. The van der Waals surface area contributed by atoms with Gasteiger partial charge in [-0.25, -0.2) is 0 Å². The fraction of sp³-hybridized carbons (Fsp3) is 0.462. The molecule has 5 nitrogen and oxygen atoms in total. The van der Waals surface area contributed by atoms with Crippen LogP contribution in [0.3, 0.4) is 0 Å². The molecule has 0 radical (unpaired) electrons. The number of ether oxygens (including phenoxy) is 1. The lowest BCUT2D eigenvalue weighted by molar-refractivity contribution is 0.00365. The van der Waals surface area contributed by atoms with Gasteiger partial charge in [0.25, 0.3) is 5.91 Å². The smallest absolute Gasteiger partial charge is 0.256 e. The van der Waals surface area contributed by atoms with Gasteiger partial charge in [-0.15, -0.1) is 0 Å². The number of nitrogens with zero attached hydrogens (tertiary/aromatic N) is 1. The summed E-state index contributed by atoms with van der Waals surface area (Å²) in [4.78, 5) is 14.3. The van der Waals surface area contributed by atoms with Gasteiger partial charge in [0.15, 0.2) is 0 Å². The average Bonchev–Trinajstić information content (AvgIpc) is 2.38. The number of carbonyl (C=O) groups is 1. The van der Waals surface area contributed by atoms with Crippen molar-refractivity contribution in [3.8, 4) is 0 Å². The molecule has 1 unspecified atom stereocenters. The van der Waals surface area contributed by atoms with E-state index in [-0.39, 0.29) is 11.9 Å². The van der Waals surface area contributed by atoms with E-state index in [0.29, 0.717) is 31.0 Å². The normalized spacial score (nSPS) is 19.7. The van der Waals surface area contributed by atoms with E-state index < -0.39 is 0 Å². The standard InChI is InChI=1S/C13H19N3O2/c1-9-3-4-11(12(7-9)15-14)13(17)16-5-6-18-8-10(16)2/h3-4,7,10,15H,5-6,8,14H2,1-2H3. The summed E-state index contributed by atoms with van der Waals surface area (Å²) in [5.41, 5.74) is 4.93. The molecule has 1 aliphatic rings. The van der Waals surface area contributed by atoms with Crippen LogP contribution in [0.4, 0.5) is 5.69 Å². The minimum Gasteiger partial charge on any atom is -0.377 e. The zero-order chi connectivity index (χ0) is 13.1. The first-order valence-corrected chi connectivity index (χ1v) is 6.09. The van der Waals surface area contributed by atoms with Crippen LogP contribution in [0.25, 0.3) is 0 Å². The maximum absolute atomic E-state index is 12.5. The van der Waals surface area contributed by atoms with Gasteiger partial charge in [-0.2, -0.15) is 0 Å². The molecule has 1 fully saturated rings. The number of rotatable bonds is 2. The summed E-state index contributed by atoms with van der Waals surface area (Å²) in [5, 5.41) is 0. The summed E-state index contributed by atoms with van der Waals surface area (Å²) < 4.78 is 5.34. The van der Waals surface area contributed by atoms with Gasteiger partial charge in [-0.1, -0.05) is 6.07 Å². The monoisotopic (exact) mass is 249 g/mol. The number of benzene rings is 1. The molecule has 0 saturated carbocycles. The first kappa shape index (κ1) is 12.9. The van der Waals surface area contributed by atoms with Gasteiger partial charge in [0, 0.05) is 6.54 Å². The van der Waals surface area contributed by atoms with E-state index in [1.807, 2.05) is 36.9 Å². The summed E-state index contributed by atoms with van der Waals surface area (Å²) in [6.45, 7) is 5.75. The number of morpholine rings is 1. The lowest BCUT2D eigenvalue weighted by Crippen LogP contribution is -2.47. The van der Waals surface area contributed by atoms with E-state index in [2.05, 4.69) is 5.43 Å². The van der Waals surface area contributed by atoms with E-state index in [0.717, 1.165) is 5.56 Å². The third-order valence-electron chi connectivity index (χ3n) is 3.19. The van der Waals surface area contributed by atoms with Gasteiger partial charge in [0.05, 0.1) is 30.5 Å². The molecule has 1 saturated heterocycles. The molecule has 1 aromatic rings. The van der Waals surface area contributed by atoms with Gasteiger partial charge in [0.1, 0.15) is 0 Å². The van der Waals surface area contributed by atoms with E-state index >= 15 is 0 Å². The van der Waals surface area contributed by atoms with Crippen molar-refractivity contribution in [1.82, 2.24) is 4.90 Å². The van der Waals surface area contributed by atoms with Crippen LogP contribution in [0.15, 0.2) is 18.2 Å². The predicted molar refractivity (Wildman–Crippen MR) is 70.3 cm³/mol. The van der Waals surface area contributed by atoms with Crippen molar-refractivity contribution in [2.45, 2.75) is 19.9 Å². The highest BCUT2D eigenvalue weighted by molar-refractivity contribution is 5.99. The number of hydrogen-bond donors (Lipinski definition) is 2. The lowest BCUT2D eigenvalue weighted by atomic mass is 10.1. The summed E-state index contributed by atoms with van der Waals surface area (Å²) in [5.74, 6) is 5.47. The average molecular weight is 249 g/mol. The van der Waals surface area contributed by atoms with Crippen molar-refractivity contribution in [2.75, 3.05) is 25.2 Å². The van der Waals surface area contributed by atoms with Gasteiger partial charge in [-0.3, -0.25) is 10.6 Å². The fourth-order valence-corrected chi connectivity index (χ4v) is 2.15. The molecule has 1 aliphatic heterocycles. The number of carbonyl (C=O) groups excluding carboxylic acids is 1. The predicted octanol–water partition coefficient (Wildman–Crippen LogP) is 1.14. The number of anilines is 1. The van der Waals surface area contributed by atoms with Gasteiger partial charge < -0.3 is 15.1 Å². The molecule has 2 rings (SSSR count). The molecule has 3 N–H and O–H groups in total. The van der Waals surface area contributed by atoms with Crippen LogP contribution >= 0.6 is 0 Å². The van der Waals surface area contributed by atoms with Crippen molar-refractivity contribution in [3.05, 3.63) is 29.3 Å². The SMILES string of the molecule is Cc1ccc(C(=O)N2CCOCC2C)c(NN)c1. The second kappa shape index (κ2) is 5.37. The Kier molecular flexibility index (Phi) is 3.84. The number of aryl methyl sites for hydroxylation is 1. The number of amides is 1. The molecular formula is C13H19N3O2. The lowest BCUT2D eigenvalue weighted by Gasteiger charge is -2.33. The molecule has 98 valence electrons. The first-order valence-electron chi connectivity index (χ1n) is 6.09. The van der Waals surface area contributed by atoms with E-state index in [1.165, 1.54) is 0 Å². The minimum atomic E-state index is -0.00116. The topological polar surface area (TPSA) is 67.6 Å². The van der Waals surface area contributed by atoms with Crippen molar-refractivity contribution in [1.29, 1.82) is 0 Å². The van der Waals surface area contributed by atoms with Crippen LogP contribution in [0.2, 0.25) is 0 Å². The summed E-state index contributed by atoms with van der Waals surface area (Å²) in [6.07, 6.45) is 0. The Bertz CT molecular complexity index is 448. The van der Waals surface area contributed by atoms with Gasteiger partial charge in [0.2, 0.25) is 0 Å². The van der Waals surface area contributed by atoms with Crippen LogP contribution in [0, 0.1) is 6.92 Å². The molecule has 0 aromatic heterocycles. The van der Waals surface area contributed by atoms with Crippen molar-refractivity contribution in [2.24, 2.45) is 5.84 Å². The highest BCUT2D eigenvalue weighted by Crippen LogP contribution is 2.20. The van der Waals surface area contributed by atoms with E-state index in [1.54, 1.807) is 0 Å². The molecule has 0 aliphatic carbocycles. The zero-order valence-electron chi connectivity index (χ0n) is 10.8. The van der Waals surface area contributed by atoms with Crippen molar-refractivity contribution >= 4 is 11.6 Å². The molecule has 0 bridgehead atoms. The molecule has 1 atom stereocenters. The number of nitrogens with two attached hydrogens (primary N) is 1. The first-order chi connectivity index (χ1) is 8.63. The van der Waals surface area contributed by atoms with Crippen LogP contribution in [0.1, 0.15) is 22.8 Å². The van der Waals surface area contributed by atoms with Crippen molar-refractivity contribution in [3.63, 3.8) is 0 Å². The fourth-order valence-electron chi connectivity index (χ4n) is 2.15.